The Kier molecular flexibility index (Phi) is 6.23. The molecule has 0 saturated carbocycles. The highest BCUT2D eigenvalue weighted by atomic mass is 28.3. The van der Waals surface area contributed by atoms with Crippen molar-refractivity contribution >= 4 is 19.5 Å². The van der Waals surface area contributed by atoms with E-state index in [0.29, 0.717) is 5.92 Å². The first kappa shape index (κ1) is 15.9. The highest BCUT2D eigenvalue weighted by molar-refractivity contribution is 6.94. The summed E-state index contributed by atoms with van der Waals surface area (Å²) >= 11 is 0. The first-order chi connectivity index (χ1) is 8.99. The molecule has 0 amide bonds. The SMILES string of the molecule is CC[C@H](C)CC/C(C=O)=C/[Si](C)(C)c1ccccc1. The van der Waals surface area contributed by atoms with Crippen LogP contribution >= 0.6 is 0 Å². The van der Waals surface area contributed by atoms with E-state index in [9.17, 15) is 4.79 Å². The van der Waals surface area contributed by atoms with Gasteiger partial charge in [0.05, 0.1) is 0 Å². The lowest BCUT2D eigenvalue weighted by atomic mass is 10.0. The molecule has 1 aromatic carbocycles. The summed E-state index contributed by atoms with van der Waals surface area (Å²) in [5.74, 6) is 0.699. The number of carbonyl (C=O) groups excluding carboxylic acids is 1. The standard InChI is InChI=1S/C17H26OSi/c1-5-15(2)11-12-16(13-18)14-19(3,4)17-9-7-6-8-10-17/h6-10,13-15H,5,11-12H2,1-4H3/b16-14-/t15-/m0/s1. The molecule has 0 saturated heterocycles. The summed E-state index contributed by atoms with van der Waals surface area (Å²) in [6.45, 7) is 9.06. The van der Waals surface area contributed by atoms with Crippen LogP contribution in [0.15, 0.2) is 41.6 Å². The zero-order valence-corrected chi connectivity index (χ0v) is 13.6. The smallest absolute Gasteiger partial charge is 0.145 e. The van der Waals surface area contributed by atoms with E-state index in [1.165, 1.54) is 11.6 Å². The van der Waals surface area contributed by atoms with Crippen LogP contribution in [0.2, 0.25) is 13.1 Å². The monoisotopic (exact) mass is 274 g/mol. The summed E-state index contributed by atoms with van der Waals surface area (Å²) in [5, 5.41) is 1.39. The van der Waals surface area contributed by atoms with Gasteiger partial charge in [-0.3, -0.25) is 4.79 Å². The van der Waals surface area contributed by atoms with E-state index in [4.69, 9.17) is 0 Å². The van der Waals surface area contributed by atoms with Crippen molar-refractivity contribution in [3.63, 3.8) is 0 Å². The Balaban J connectivity index is 2.81. The molecule has 1 nitrogen and oxygen atoms in total. The molecule has 0 heterocycles. The van der Waals surface area contributed by atoms with Crippen LogP contribution in [0.4, 0.5) is 0 Å². The fourth-order valence-electron chi connectivity index (χ4n) is 2.20. The average Bonchev–Trinajstić information content (AvgIpc) is 2.43. The highest BCUT2D eigenvalue weighted by Gasteiger charge is 2.21. The topological polar surface area (TPSA) is 17.1 Å². The molecule has 1 aromatic rings. The fraction of sp³-hybridized carbons (Fsp3) is 0.471. The van der Waals surface area contributed by atoms with Crippen LogP contribution in [0.3, 0.4) is 0 Å². The van der Waals surface area contributed by atoms with E-state index >= 15 is 0 Å². The Hall–Kier alpha value is -1.15. The van der Waals surface area contributed by atoms with Crippen molar-refractivity contribution in [2.24, 2.45) is 5.92 Å². The molecule has 19 heavy (non-hydrogen) atoms. The van der Waals surface area contributed by atoms with Crippen molar-refractivity contribution in [1.29, 1.82) is 0 Å². The van der Waals surface area contributed by atoms with E-state index in [0.717, 1.165) is 24.7 Å². The van der Waals surface area contributed by atoms with Gasteiger partial charge >= 0.3 is 0 Å². The lowest BCUT2D eigenvalue weighted by molar-refractivity contribution is -0.105. The number of allylic oxidation sites excluding steroid dienone is 1. The van der Waals surface area contributed by atoms with Crippen LogP contribution in [0.5, 0.6) is 0 Å². The molecule has 0 spiro atoms. The van der Waals surface area contributed by atoms with Crippen molar-refractivity contribution in [1.82, 2.24) is 0 Å². The zero-order chi connectivity index (χ0) is 14.3. The maximum absolute atomic E-state index is 11.3. The van der Waals surface area contributed by atoms with E-state index in [-0.39, 0.29) is 0 Å². The summed E-state index contributed by atoms with van der Waals surface area (Å²) in [6.07, 6.45) is 4.27. The molecule has 0 aliphatic heterocycles. The lowest BCUT2D eigenvalue weighted by Crippen LogP contribution is -2.39. The number of carbonyl (C=O) groups is 1. The summed E-state index contributed by atoms with van der Waals surface area (Å²) in [5.41, 5.74) is 3.25. The van der Waals surface area contributed by atoms with Crippen molar-refractivity contribution in [2.75, 3.05) is 0 Å². The first-order valence-corrected chi connectivity index (χ1v) is 10.3. The maximum Gasteiger partial charge on any atom is 0.145 e. The minimum atomic E-state index is -1.64. The Morgan fingerprint density at radius 2 is 1.89 bits per heavy atom. The normalized spacial score (nSPS) is 14.2. The molecule has 1 atom stereocenters. The molecule has 0 bridgehead atoms. The van der Waals surface area contributed by atoms with Gasteiger partial charge in [-0.2, -0.15) is 0 Å². The summed E-state index contributed by atoms with van der Waals surface area (Å²) < 4.78 is 0. The van der Waals surface area contributed by atoms with Crippen molar-refractivity contribution < 1.29 is 4.79 Å². The highest BCUT2D eigenvalue weighted by Crippen LogP contribution is 2.16. The first-order valence-electron chi connectivity index (χ1n) is 7.22. The lowest BCUT2D eigenvalue weighted by Gasteiger charge is -2.20. The van der Waals surface area contributed by atoms with E-state index in [2.05, 4.69) is 56.9 Å². The molecule has 0 N–H and O–H groups in total. The van der Waals surface area contributed by atoms with Crippen molar-refractivity contribution in [3.05, 3.63) is 41.6 Å². The van der Waals surface area contributed by atoms with Gasteiger partial charge in [-0.05, 0) is 24.3 Å². The Labute approximate surface area is 118 Å². The molecule has 1 rings (SSSR count). The number of benzene rings is 1. The maximum atomic E-state index is 11.3. The predicted molar refractivity (Wildman–Crippen MR) is 86.4 cm³/mol. The second kappa shape index (κ2) is 7.44. The summed E-state index contributed by atoms with van der Waals surface area (Å²) in [6, 6.07) is 10.6. The molecule has 0 aliphatic carbocycles. The summed E-state index contributed by atoms with van der Waals surface area (Å²) in [4.78, 5) is 11.3. The largest absolute Gasteiger partial charge is 0.298 e. The molecule has 104 valence electrons. The molecule has 2 heteroatoms. The molecular formula is C17H26OSi. The third-order valence-electron chi connectivity index (χ3n) is 3.84. The molecule has 0 radical (unpaired) electrons. The fourth-order valence-corrected chi connectivity index (χ4v) is 4.55. The third-order valence-corrected chi connectivity index (χ3v) is 6.75. The Morgan fingerprint density at radius 1 is 1.26 bits per heavy atom. The predicted octanol–water partition coefficient (Wildman–Crippen LogP) is 4.09. The summed E-state index contributed by atoms with van der Waals surface area (Å²) in [7, 11) is -1.64. The molecule has 0 aliphatic rings. The Bertz CT molecular complexity index is 420. The minimum absolute atomic E-state index is 0.699. The number of aldehydes is 1. The van der Waals surface area contributed by atoms with Gasteiger partial charge in [0, 0.05) is 0 Å². The minimum Gasteiger partial charge on any atom is -0.298 e. The van der Waals surface area contributed by atoms with Gasteiger partial charge in [0.1, 0.15) is 14.4 Å². The van der Waals surface area contributed by atoms with Gasteiger partial charge < -0.3 is 0 Å². The quantitative estimate of drug-likeness (QED) is 0.416. The van der Waals surface area contributed by atoms with E-state index in [1.807, 2.05) is 6.07 Å². The molecule has 0 aromatic heterocycles. The van der Waals surface area contributed by atoms with E-state index in [1.54, 1.807) is 0 Å². The second-order valence-electron chi connectivity index (χ2n) is 5.98. The van der Waals surface area contributed by atoms with Crippen LogP contribution in [-0.2, 0) is 4.79 Å². The Morgan fingerprint density at radius 3 is 2.42 bits per heavy atom. The van der Waals surface area contributed by atoms with Gasteiger partial charge in [-0.1, -0.05) is 74.6 Å². The molecular weight excluding hydrogens is 248 g/mol. The van der Waals surface area contributed by atoms with Crippen molar-refractivity contribution in [3.8, 4) is 0 Å². The van der Waals surface area contributed by atoms with Crippen molar-refractivity contribution in [2.45, 2.75) is 46.2 Å². The van der Waals surface area contributed by atoms with Gasteiger partial charge in [0.2, 0.25) is 0 Å². The second-order valence-corrected chi connectivity index (χ2v) is 10.3. The van der Waals surface area contributed by atoms with Crippen LogP contribution in [0.25, 0.3) is 0 Å². The van der Waals surface area contributed by atoms with E-state index < -0.39 is 8.07 Å². The number of hydrogen-bond donors (Lipinski definition) is 0. The molecule has 0 fully saturated rings. The van der Waals surface area contributed by atoms with Gasteiger partial charge in [0.15, 0.2) is 0 Å². The zero-order valence-electron chi connectivity index (χ0n) is 12.6. The van der Waals surface area contributed by atoms with Crippen LogP contribution < -0.4 is 5.19 Å². The number of hydrogen-bond acceptors (Lipinski definition) is 1. The third kappa shape index (κ3) is 5.15. The average molecular weight is 274 g/mol. The van der Waals surface area contributed by atoms with Gasteiger partial charge in [-0.25, -0.2) is 0 Å². The van der Waals surface area contributed by atoms with Crippen LogP contribution in [-0.4, -0.2) is 14.4 Å². The van der Waals surface area contributed by atoms with Crippen LogP contribution in [0, 0.1) is 5.92 Å². The molecule has 0 unspecified atom stereocenters. The number of rotatable bonds is 7. The van der Waals surface area contributed by atoms with Gasteiger partial charge in [-0.15, -0.1) is 0 Å². The van der Waals surface area contributed by atoms with Crippen LogP contribution in [0.1, 0.15) is 33.1 Å². The van der Waals surface area contributed by atoms with Gasteiger partial charge in [0.25, 0.3) is 0 Å².